The fourth-order valence-corrected chi connectivity index (χ4v) is 1.40. The minimum atomic E-state index is 0.780. The minimum Gasteiger partial charge on any atom is -0.399 e. The third-order valence-corrected chi connectivity index (χ3v) is 2.14. The van der Waals surface area contributed by atoms with Crippen LogP contribution in [0.2, 0.25) is 0 Å². The van der Waals surface area contributed by atoms with Crippen molar-refractivity contribution >= 4 is 11.4 Å². The number of rotatable bonds is 4. The molecule has 4 nitrogen and oxygen atoms in total. The van der Waals surface area contributed by atoms with Crippen molar-refractivity contribution in [2.45, 2.75) is 6.54 Å². The first-order valence-corrected chi connectivity index (χ1v) is 4.90. The van der Waals surface area contributed by atoms with Gasteiger partial charge in [0.25, 0.3) is 0 Å². The van der Waals surface area contributed by atoms with E-state index < -0.39 is 0 Å². The molecule has 0 unspecified atom stereocenters. The largest absolute Gasteiger partial charge is 0.399 e. The van der Waals surface area contributed by atoms with Crippen molar-refractivity contribution in [1.82, 2.24) is 9.55 Å². The van der Waals surface area contributed by atoms with E-state index in [0.717, 1.165) is 24.5 Å². The third kappa shape index (κ3) is 2.74. The second-order valence-corrected chi connectivity index (χ2v) is 3.35. The number of anilines is 2. The molecule has 1 heterocycles. The topological polar surface area (TPSA) is 55.9 Å². The maximum Gasteiger partial charge on any atom is 0.0946 e. The maximum absolute atomic E-state index is 5.67. The van der Waals surface area contributed by atoms with Gasteiger partial charge in [-0.1, -0.05) is 6.07 Å². The number of nitrogen functional groups attached to an aromatic ring is 1. The Morgan fingerprint density at radius 2 is 2.33 bits per heavy atom. The molecule has 0 atom stereocenters. The summed E-state index contributed by atoms with van der Waals surface area (Å²) >= 11 is 0. The predicted octanol–water partition coefficient (Wildman–Crippen LogP) is 1.58. The maximum atomic E-state index is 5.67. The fraction of sp³-hybridized carbons (Fsp3) is 0.182. The molecule has 15 heavy (non-hydrogen) atoms. The molecular formula is C11H14N4. The van der Waals surface area contributed by atoms with Crippen molar-refractivity contribution in [3.05, 3.63) is 43.0 Å². The van der Waals surface area contributed by atoms with Gasteiger partial charge in [0, 0.05) is 36.9 Å². The number of nitrogens with two attached hydrogens (primary N) is 1. The van der Waals surface area contributed by atoms with Gasteiger partial charge >= 0.3 is 0 Å². The van der Waals surface area contributed by atoms with E-state index in [0.29, 0.717) is 0 Å². The van der Waals surface area contributed by atoms with Crippen LogP contribution in [0.15, 0.2) is 43.0 Å². The molecule has 0 radical (unpaired) electrons. The van der Waals surface area contributed by atoms with Crippen LogP contribution in [0, 0.1) is 0 Å². The van der Waals surface area contributed by atoms with Crippen LogP contribution in [0.1, 0.15) is 0 Å². The lowest BCUT2D eigenvalue weighted by atomic mass is 10.3. The second kappa shape index (κ2) is 4.50. The number of aromatic nitrogens is 2. The lowest BCUT2D eigenvalue weighted by molar-refractivity contribution is 0.727. The lowest BCUT2D eigenvalue weighted by Crippen LogP contribution is -2.09. The molecule has 78 valence electrons. The molecular weight excluding hydrogens is 188 g/mol. The minimum absolute atomic E-state index is 0.780. The van der Waals surface area contributed by atoms with Crippen LogP contribution in [0.5, 0.6) is 0 Å². The molecule has 0 amide bonds. The summed E-state index contributed by atoms with van der Waals surface area (Å²) in [6, 6.07) is 7.74. The third-order valence-electron chi connectivity index (χ3n) is 2.14. The van der Waals surface area contributed by atoms with Crippen molar-refractivity contribution in [3.8, 4) is 0 Å². The Labute approximate surface area is 88.7 Å². The van der Waals surface area contributed by atoms with E-state index in [4.69, 9.17) is 5.73 Å². The van der Waals surface area contributed by atoms with Gasteiger partial charge < -0.3 is 15.6 Å². The van der Waals surface area contributed by atoms with E-state index >= 15 is 0 Å². The van der Waals surface area contributed by atoms with Crippen LogP contribution in [0.3, 0.4) is 0 Å². The molecule has 0 spiro atoms. The smallest absolute Gasteiger partial charge is 0.0946 e. The molecule has 4 heteroatoms. The Bertz CT molecular complexity index is 408. The first-order chi connectivity index (χ1) is 7.34. The van der Waals surface area contributed by atoms with Gasteiger partial charge in [0.1, 0.15) is 0 Å². The summed E-state index contributed by atoms with van der Waals surface area (Å²) in [5.41, 5.74) is 7.50. The molecule has 2 aromatic rings. The first-order valence-electron chi connectivity index (χ1n) is 4.90. The highest BCUT2D eigenvalue weighted by atomic mass is 15.0. The monoisotopic (exact) mass is 202 g/mol. The van der Waals surface area contributed by atoms with Gasteiger partial charge in [-0.15, -0.1) is 0 Å². The van der Waals surface area contributed by atoms with Crippen LogP contribution in [0.25, 0.3) is 0 Å². The van der Waals surface area contributed by atoms with Crippen LogP contribution in [0.4, 0.5) is 11.4 Å². The van der Waals surface area contributed by atoms with E-state index in [2.05, 4.69) is 10.3 Å². The normalized spacial score (nSPS) is 10.1. The van der Waals surface area contributed by atoms with Crippen molar-refractivity contribution in [1.29, 1.82) is 0 Å². The Kier molecular flexibility index (Phi) is 2.88. The Hall–Kier alpha value is -1.97. The van der Waals surface area contributed by atoms with Gasteiger partial charge in [-0.05, 0) is 18.2 Å². The number of benzene rings is 1. The highest BCUT2D eigenvalue weighted by Crippen LogP contribution is 2.11. The van der Waals surface area contributed by atoms with E-state index in [1.54, 1.807) is 12.5 Å². The van der Waals surface area contributed by atoms with Crippen LogP contribution < -0.4 is 11.1 Å². The summed E-state index contributed by atoms with van der Waals surface area (Å²) in [5, 5.41) is 3.30. The number of hydrogen-bond donors (Lipinski definition) is 2. The SMILES string of the molecule is Nc1cccc(NCCn2ccnc2)c1. The Morgan fingerprint density at radius 3 is 3.07 bits per heavy atom. The molecule has 0 bridgehead atoms. The molecule has 2 rings (SSSR count). The number of nitrogens with one attached hydrogen (secondary N) is 1. The zero-order chi connectivity index (χ0) is 10.5. The number of imidazole rings is 1. The standard InChI is InChI=1S/C11H14N4/c12-10-2-1-3-11(8-10)14-5-7-15-6-4-13-9-15/h1-4,6,8-9,14H,5,7,12H2. The lowest BCUT2D eigenvalue weighted by Gasteiger charge is -2.07. The average molecular weight is 202 g/mol. The van der Waals surface area contributed by atoms with Gasteiger partial charge in [-0.25, -0.2) is 4.98 Å². The molecule has 0 aliphatic rings. The van der Waals surface area contributed by atoms with Crippen molar-refractivity contribution in [2.75, 3.05) is 17.6 Å². The summed E-state index contributed by atoms with van der Waals surface area (Å²) < 4.78 is 2.03. The highest BCUT2D eigenvalue weighted by Gasteiger charge is 1.92. The van der Waals surface area contributed by atoms with Crippen molar-refractivity contribution < 1.29 is 0 Å². The van der Waals surface area contributed by atoms with Crippen LogP contribution in [-0.2, 0) is 6.54 Å². The van der Waals surface area contributed by atoms with Crippen molar-refractivity contribution in [2.24, 2.45) is 0 Å². The molecule has 1 aromatic carbocycles. The zero-order valence-electron chi connectivity index (χ0n) is 8.43. The molecule has 0 aliphatic heterocycles. The fourth-order valence-electron chi connectivity index (χ4n) is 1.40. The molecule has 0 aliphatic carbocycles. The van der Waals surface area contributed by atoms with E-state index in [1.807, 2.05) is 35.0 Å². The summed E-state index contributed by atoms with van der Waals surface area (Å²) in [4.78, 5) is 3.98. The van der Waals surface area contributed by atoms with E-state index in [-0.39, 0.29) is 0 Å². The number of hydrogen-bond acceptors (Lipinski definition) is 3. The molecule has 1 aromatic heterocycles. The average Bonchev–Trinajstić information content (AvgIpc) is 2.71. The van der Waals surface area contributed by atoms with Gasteiger partial charge in [-0.3, -0.25) is 0 Å². The van der Waals surface area contributed by atoms with Gasteiger partial charge in [0.05, 0.1) is 6.33 Å². The molecule has 0 fully saturated rings. The molecule has 3 N–H and O–H groups in total. The summed E-state index contributed by atoms with van der Waals surface area (Å²) in [7, 11) is 0. The molecule has 0 saturated carbocycles. The highest BCUT2D eigenvalue weighted by molar-refractivity contribution is 5.53. The second-order valence-electron chi connectivity index (χ2n) is 3.35. The zero-order valence-corrected chi connectivity index (χ0v) is 8.43. The van der Waals surface area contributed by atoms with E-state index in [1.165, 1.54) is 0 Å². The van der Waals surface area contributed by atoms with Gasteiger partial charge in [0.15, 0.2) is 0 Å². The molecule has 0 saturated heterocycles. The van der Waals surface area contributed by atoms with Crippen molar-refractivity contribution in [3.63, 3.8) is 0 Å². The number of nitrogens with zero attached hydrogens (tertiary/aromatic N) is 2. The predicted molar refractivity (Wildman–Crippen MR) is 61.6 cm³/mol. The van der Waals surface area contributed by atoms with Gasteiger partial charge in [-0.2, -0.15) is 0 Å². The summed E-state index contributed by atoms with van der Waals surface area (Å²) in [6.07, 6.45) is 5.53. The van der Waals surface area contributed by atoms with E-state index in [9.17, 15) is 0 Å². The van der Waals surface area contributed by atoms with Crippen LogP contribution >= 0.6 is 0 Å². The van der Waals surface area contributed by atoms with Gasteiger partial charge in [0.2, 0.25) is 0 Å². The van der Waals surface area contributed by atoms with Crippen LogP contribution in [-0.4, -0.2) is 16.1 Å². The Balaban J connectivity index is 1.83. The summed E-state index contributed by atoms with van der Waals surface area (Å²) in [6.45, 7) is 1.76. The quantitative estimate of drug-likeness (QED) is 0.740. The summed E-state index contributed by atoms with van der Waals surface area (Å²) in [5.74, 6) is 0. The first kappa shape index (κ1) is 9.58. The Morgan fingerprint density at radius 1 is 1.40 bits per heavy atom.